The van der Waals surface area contributed by atoms with E-state index in [2.05, 4.69) is 9.46 Å². The Balaban J connectivity index is 0.00000400. The van der Waals surface area contributed by atoms with E-state index in [0.29, 0.717) is 12.8 Å². The quantitative estimate of drug-likeness (QED) is 0.571. The van der Waals surface area contributed by atoms with E-state index in [1.54, 1.807) is 24.3 Å². The number of ether oxygens (including phenoxy) is 1. The van der Waals surface area contributed by atoms with E-state index in [-0.39, 0.29) is 23.8 Å². The summed E-state index contributed by atoms with van der Waals surface area (Å²) in [4.78, 5) is 11.3. The zero-order valence-electron chi connectivity index (χ0n) is 12.0. The summed E-state index contributed by atoms with van der Waals surface area (Å²) in [6.07, 6.45) is 0.824. The molecule has 0 unspecified atom stereocenters. The van der Waals surface area contributed by atoms with Crippen molar-refractivity contribution in [3.63, 3.8) is 0 Å². The molecule has 0 radical (unpaired) electrons. The highest BCUT2D eigenvalue weighted by atomic mass is 35.5. The van der Waals surface area contributed by atoms with E-state index in [9.17, 15) is 13.2 Å². The van der Waals surface area contributed by atoms with Crippen LogP contribution in [0.2, 0.25) is 0 Å². The summed E-state index contributed by atoms with van der Waals surface area (Å²) >= 11 is 0. The summed E-state index contributed by atoms with van der Waals surface area (Å²) in [5, 5.41) is 0. The third-order valence-electron chi connectivity index (χ3n) is 2.82. The molecule has 0 spiro atoms. The Morgan fingerprint density at radius 1 is 1.33 bits per heavy atom. The van der Waals surface area contributed by atoms with Gasteiger partial charge in [-0.3, -0.25) is 4.79 Å². The monoisotopic (exact) mass is 336 g/mol. The Morgan fingerprint density at radius 2 is 1.90 bits per heavy atom. The zero-order valence-corrected chi connectivity index (χ0v) is 13.7. The molecule has 0 aliphatic rings. The van der Waals surface area contributed by atoms with Crippen molar-refractivity contribution in [1.29, 1.82) is 0 Å². The predicted molar refractivity (Wildman–Crippen MR) is 82.8 cm³/mol. The van der Waals surface area contributed by atoms with Crippen molar-refractivity contribution in [2.24, 2.45) is 5.73 Å². The van der Waals surface area contributed by atoms with Gasteiger partial charge in [-0.2, -0.15) is 0 Å². The molecular weight excluding hydrogens is 316 g/mol. The van der Waals surface area contributed by atoms with E-state index in [1.807, 2.05) is 6.92 Å². The minimum atomic E-state index is -3.51. The van der Waals surface area contributed by atoms with E-state index in [4.69, 9.17) is 5.73 Å². The van der Waals surface area contributed by atoms with Crippen LogP contribution in [0.5, 0.6) is 0 Å². The molecule has 0 bridgehead atoms. The molecule has 0 amide bonds. The minimum absolute atomic E-state index is 0. The lowest BCUT2D eigenvalue weighted by Crippen LogP contribution is -2.33. The number of nitrogens with one attached hydrogen (secondary N) is 1. The van der Waals surface area contributed by atoms with Crippen LogP contribution in [-0.2, 0) is 19.6 Å². The maximum absolute atomic E-state index is 11.9. The molecule has 1 rings (SSSR count). The van der Waals surface area contributed by atoms with Gasteiger partial charge in [0.2, 0.25) is 10.0 Å². The number of nitrogens with two attached hydrogens (primary N) is 1. The molecule has 0 saturated heterocycles. The van der Waals surface area contributed by atoms with Crippen LogP contribution < -0.4 is 10.5 Å². The standard InChI is InChI=1S/C13H20N2O4S.ClH/c1-10-5-7-11(8-6-10)20(17,18)15-9-3-4-12(14)13(16)19-2;/h5-8,12,15H,3-4,9,14H2,1-2H3;1H/t12-;/m0./s1. The van der Waals surface area contributed by atoms with Gasteiger partial charge >= 0.3 is 5.97 Å². The second kappa shape index (κ2) is 8.99. The predicted octanol–water partition coefficient (Wildman–Crippen LogP) is 0.976. The van der Waals surface area contributed by atoms with E-state index < -0.39 is 22.0 Å². The van der Waals surface area contributed by atoms with Gasteiger partial charge in [0.1, 0.15) is 6.04 Å². The molecule has 0 heterocycles. The molecule has 1 aromatic carbocycles. The highest BCUT2D eigenvalue weighted by Gasteiger charge is 2.15. The Labute approximate surface area is 131 Å². The molecule has 0 aliphatic carbocycles. The summed E-state index contributed by atoms with van der Waals surface area (Å²) < 4.78 is 30.8. The van der Waals surface area contributed by atoms with Crippen molar-refractivity contribution in [3.8, 4) is 0 Å². The third kappa shape index (κ3) is 6.43. The van der Waals surface area contributed by atoms with Crippen molar-refractivity contribution in [2.75, 3.05) is 13.7 Å². The molecule has 6 nitrogen and oxygen atoms in total. The molecule has 0 saturated carbocycles. The van der Waals surface area contributed by atoms with E-state index in [0.717, 1.165) is 5.56 Å². The normalized spacial score (nSPS) is 12.3. The molecule has 0 fully saturated rings. The number of hydrogen-bond donors (Lipinski definition) is 2. The Hall–Kier alpha value is -1.15. The Bertz CT molecular complexity index is 546. The zero-order chi connectivity index (χ0) is 15.2. The smallest absolute Gasteiger partial charge is 0.322 e. The van der Waals surface area contributed by atoms with Gasteiger partial charge in [-0.15, -0.1) is 12.4 Å². The van der Waals surface area contributed by atoms with Crippen molar-refractivity contribution in [3.05, 3.63) is 29.8 Å². The van der Waals surface area contributed by atoms with Crippen molar-refractivity contribution in [1.82, 2.24) is 4.72 Å². The van der Waals surface area contributed by atoms with E-state index >= 15 is 0 Å². The molecular formula is C13H21ClN2O4S. The van der Waals surface area contributed by atoms with Gasteiger partial charge in [-0.1, -0.05) is 17.7 Å². The number of benzene rings is 1. The number of hydrogen-bond acceptors (Lipinski definition) is 5. The van der Waals surface area contributed by atoms with E-state index in [1.165, 1.54) is 7.11 Å². The minimum Gasteiger partial charge on any atom is -0.468 e. The number of rotatable bonds is 7. The van der Waals surface area contributed by atoms with Gasteiger partial charge in [0.05, 0.1) is 12.0 Å². The molecule has 0 aliphatic heterocycles. The molecule has 21 heavy (non-hydrogen) atoms. The van der Waals surface area contributed by atoms with Crippen molar-refractivity contribution < 1.29 is 17.9 Å². The summed E-state index contributed by atoms with van der Waals surface area (Å²) in [6.45, 7) is 2.11. The number of carbonyl (C=O) groups is 1. The maximum atomic E-state index is 11.9. The van der Waals surface area contributed by atoms with Crippen LogP contribution in [0, 0.1) is 6.92 Å². The summed E-state index contributed by atoms with van der Waals surface area (Å²) in [7, 11) is -2.24. The topological polar surface area (TPSA) is 98.5 Å². The first kappa shape index (κ1) is 19.9. The lowest BCUT2D eigenvalue weighted by atomic mass is 10.2. The van der Waals surface area contributed by atoms with Gasteiger partial charge < -0.3 is 10.5 Å². The van der Waals surface area contributed by atoms with Crippen molar-refractivity contribution in [2.45, 2.75) is 30.7 Å². The van der Waals surface area contributed by atoms with Crippen LogP contribution in [0.4, 0.5) is 0 Å². The van der Waals surface area contributed by atoms with Crippen LogP contribution in [0.15, 0.2) is 29.2 Å². The fraction of sp³-hybridized carbons (Fsp3) is 0.462. The second-order valence-corrected chi connectivity index (χ2v) is 6.25. The molecule has 3 N–H and O–H groups in total. The first-order valence-electron chi connectivity index (χ1n) is 6.26. The number of methoxy groups -OCH3 is 1. The summed E-state index contributed by atoms with van der Waals surface area (Å²) in [6, 6.07) is 5.86. The summed E-state index contributed by atoms with van der Waals surface area (Å²) in [5.74, 6) is -0.494. The van der Waals surface area contributed by atoms with Crippen LogP contribution in [0.25, 0.3) is 0 Å². The third-order valence-corrected chi connectivity index (χ3v) is 4.30. The largest absolute Gasteiger partial charge is 0.468 e. The lowest BCUT2D eigenvalue weighted by molar-refractivity contribution is -0.142. The molecule has 8 heteroatoms. The Kier molecular flexibility index (Phi) is 8.50. The Morgan fingerprint density at radius 3 is 2.43 bits per heavy atom. The fourth-order valence-corrected chi connectivity index (χ4v) is 2.67. The number of sulfonamides is 1. The van der Waals surface area contributed by atoms with Gasteiger partial charge in [-0.05, 0) is 31.9 Å². The van der Waals surface area contributed by atoms with Gasteiger partial charge in [0.25, 0.3) is 0 Å². The number of aryl methyl sites for hydroxylation is 1. The van der Waals surface area contributed by atoms with Crippen LogP contribution >= 0.6 is 12.4 Å². The van der Waals surface area contributed by atoms with Crippen LogP contribution in [0.3, 0.4) is 0 Å². The van der Waals surface area contributed by atoms with Crippen LogP contribution in [0.1, 0.15) is 18.4 Å². The molecule has 1 atom stereocenters. The van der Waals surface area contributed by atoms with Gasteiger partial charge in [0, 0.05) is 6.54 Å². The highest BCUT2D eigenvalue weighted by Crippen LogP contribution is 2.09. The molecule has 1 aromatic rings. The van der Waals surface area contributed by atoms with Gasteiger partial charge in [0.15, 0.2) is 0 Å². The molecule has 120 valence electrons. The lowest BCUT2D eigenvalue weighted by Gasteiger charge is -2.10. The van der Waals surface area contributed by atoms with Crippen LogP contribution in [-0.4, -0.2) is 34.1 Å². The summed E-state index contributed by atoms with van der Waals surface area (Å²) in [5.41, 5.74) is 6.55. The molecule has 0 aromatic heterocycles. The van der Waals surface area contributed by atoms with Gasteiger partial charge in [-0.25, -0.2) is 13.1 Å². The highest BCUT2D eigenvalue weighted by molar-refractivity contribution is 7.89. The maximum Gasteiger partial charge on any atom is 0.322 e. The average molecular weight is 337 g/mol. The fourth-order valence-electron chi connectivity index (χ4n) is 1.60. The second-order valence-electron chi connectivity index (χ2n) is 4.48. The SMILES string of the molecule is COC(=O)[C@@H](N)CCCNS(=O)(=O)c1ccc(C)cc1.Cl. The number of esters is 1. The average Bonchev–Trinajstić information content (AvgIpc) is 2.43. The first-order valence-corrected chi connectivity index (χ1v) is 7.75. The van der Waals surface area contributed by atoms with Crippen molar-refractivity contribution >= 4 is 28.4 Å². The number of carbonyl (C=O) groups excluding carboxylic acids is 1. The first-order chi connectivity index (χ1) is 9.36. The number of halogens is 1.